The Morgan fingerprint density at radius 1 is 1.50 bits per heavy atom. The molecule has 0 fully saturated rings. The number of furan rings is 1. The van der Waals surface area contributed by atoms with Crippen LogP contribution in [0, 0.1) is 12.7 Å². The van der Waals surface area contributed by atoms with Crippen molar-refractivity contribution in [2.24, 2.45) is 0 Å². The third kappa shape index (κ3) is 2.76. The Labute approximate surface area is 114 Å². The van der Waals surface area contributed by atoms with Crippen molar-refractivity contribution in [3.05, 3.63) is 41.0 Å². The minimum Gasteiger partial charge on any atom is -0.478 e. The van der Waals surface area contributed by atoms with Gasteiger partial charge in [0.2, 0.25) is 0 Å². The minimum absolute atomic E-state index is 0.0720. The summed E-state index contributed by atoms with van der Waals surface area (Å²) in [7, 11) is 0. The first kappa shape index (κ1) is 14.0. The van der Waals surface area contributed by atoms with Crippen LogP contribution in [-0.4, -0.2) is 21.0 Å². The number of aryl methyl sites for hydroxylation is 2. The van der Waals surface area contributed by atoms with Crippen molar-refractivity contribution in [1.29, 1.82) is 0 Å². The van der Waals surface area contributed by atoms with E-state index in [2.05, 4.69) is 15.3 Å². The lowest BCUT2D eigenvalue weighted by Crippen LogP contribution is -2.06. The molecule has 0 spiro atoms. The van der Waals surface area contributed by atoms with Crippen LogP contribution >= 0.6 is 0 Å². The van der Waals surface area contributed by atoms with Gasteiger partial charge in [0.05, 0.1) is 12.2 Å². The number of aromatic nitrogens is 2. The van der Waals surface area contributed by atoms with Gasteiger partial charge in [0.25, 0.3) is 0 Å². The molecule has 2 aromatic rings. The van der Waals surface area contributed by atoms with Gasteiger partial charge in [-0.05, 0) is 19.4 Å². The molecule has 0 unspecified atom stereocenters. The molecule has 0 aromatic carbocycles. The second-order valence-corrected chi connectivity index (χ2v) is 4.18. The number of anilines is 1. The van der Waals surface area contributed by atoms with Crippen molar-refractivity contribution >= 4 is 11.8 Å². The predicted molar refractivity (Wildman–Crippen MR) is 69.1 cm³/mol. The van der Waals surface area contributed by atoms with Crippen LogP contribution in [0.15, 0.2) is 16.8 Å². The summed E-state index contributed by atoms with van der Waals surface area (Å²) in [5.74, 6) is -0.777. The number of carbonyl (C=O) groups is 1. The molecule has 6 nitrogen and oxygen atoms in total. The molecular formula is C13H14FN3O3. The summed E-state index contributed by atoms with van der Waals surface area (Å²) in [5.41, 5.74) is 0.420. The average Bonchev–Trinajstić information content (AvgIpc) is 2.79. The molecule has 0 amide bonds. The van der Waals surface area contributed by atoms with E-state index in [1.807, 2.05) is 0 Å². The number of carboxylic acid groups (broad SMARTS) is 1. The fourth-order valence-corrected chi connectivity index (χ4v) is 1.79. The van der Waals surface area contributed by atoms with Crippen molar-refractivity contribution in [2.75, 3.05) is 5.32 Å². The van der Waals surface area contributed by atoms with Gasteiger partial charge in [0, 0.05) is 0 Å². The van der Waals surface area contributed by atoms with Crippen LogP contribution in [0.25, 0.3) is 0 Å². The zero-order chi connectivity index (χ0) is 14.7. The third-order valence-corrected chi connectivity index (χ3v) is 2.83. The molecule has 0 aliphatic heterocycles. The molecule has 7 heteroatoms. The first-order valence-corrected chi connectivity index (χ1v) is 6.08. The van der Waals surface area contributed by atoms with Crippen LogP contribution in [0.2, 0.25) is 0 Å². The summed E-state index contributed by atoms with van der Waals surface area (Å²) in [6, 6.07) is 1.41. The number of carboxylic acids is 1. The lowest BCUT2D eigenvalue weighted by atomic mass is 10.2. The van der Waals surface area contributed by atoms with Gasteiger partial charge in [-0.25, -0.2) is 19.2 Å². The van der Waals surface area contributed by atoms with Crippen LogP contribution in [-0.2, 0) is 13.0 Å². The standard InChI is InChI=1S/C13H14FN3O3/c1-3-10-11(14)12(17-6-16-10)15-5-8-4-9(13(18)19)7(2)20-8/h4,6H,3,5H2,1-2H3,(H,18,19)(H,15,16,17). The highest BCUT2D eigenvalue weighted by Crippen LogP contribution is 2.18. The molecule has 2 heterocycles. The van der Waals surface area contributed by atoms with Gasteiger partial charge < -0.3 is 14.8 Å². The van der Waals surface area contributed by atoms with Gasteiger partial charge in [0.15, 0.2) is 11.6 Å². The predicted octanol–water partition coefficient (Wildman–Crippen LogP) is 2.39. The highest BCUT2D eigenvalue weighted by molar-refractivity contribution is 5.88. The van der Waals surface area contributed by atoms with Crippen molar-refractivity contribution in [3.63, 3.8) is 0 Å². The number of aromatic carboxylic acids is 1. The van der Waals surface area contributed by atoms with E-state index < -0.39 is 11.8 Å². The van der Waals surface area contributed by atoms with Gasteiger partial charge in [0.1, 0.15) is 23.4 Å². The first-order valence-electron chi connectivity index (χ1n) is 6.08. The Morgan fingerprint density at radius 2 is 2.25 bits per heavy atom. The van der Waals surface area contributed by atoms with Crippen LogP contribution < -0.4 is 5.32 Å². The molecule has 0 atom stereocenters. The maximum Gasteiger partial charge on any atom is 0.339 e. The molecule has 2 aromatic heterocycles. The van der Waals surface area contributed by atoms with Gasteiger partial charge in [-0.1, -0.05) is 6.92 Å². The number of nitrogens with one attached hydrogen (secondary N) is 1. The Kier molecular flexibility index (Phi) is 3.97. The second kappa shape index (κ2) is 5.68. The Balaban J connectivity index is 2.13. The van der Waals surface area contributed by atoms with Crippen LogP contribution in [0.4, 0.5) is 10.2 Å². The summed E-state index contributed by atoms with van der Waals surface area (Å²) in [6.45, 7) is 3.50. The van der Waals surface area contributed by atoms with Crippen molar-refractivity contribution < 1.29 is 18.7 Å². The smallest absolute Gasteiger partial charge is 0.339 e. The molecule has 0 aliphatic carbocycles. The number of hydrogen-bond acceptors (Lipinski definition) is 5. The largest absolute Gasteiger partial charge is 0.478 e. The Morgan fingerprint density at radius 3 is 2.85 bits per heavy atom. The second-order valence-electron chi connectivity index (χ2n) is 4.18. The normalized spacial score (nSPS) is 10.6. The van der Waals surface area contributed by atoms with Crippen LogP contribution in [0.3, 0.4) is 0 Å². The fourth-order valence-electron chi connectivity index (χ4n) is 1.79. The molecule has 0 saturated carbocycles. The van der Waals surface area contributed by atoms with E-state index in [1.54, 1.807) is 13.8 Å². The van der Waals surface area contributed by atoms with E-state index in [4.69, 9.17) is 9.52 Å². The van der Waals surface area contributed by atoms with E-state index in [0.29, 0.717) is 23.6 Å². The summed E-state index contributed by atoms with van der Waals surface area (Å²) in [5, 5.41) is 11.7. The first-order chi connectivity index (χ1) is 9.52. The van der Waals surface area contributed by atoms with E-state index in [-0.39, 0.29) is 17.9 Å². The highest BCUT2D eigenvalue weighted by Gasteiger charge is 2.14. The zero-order valence-corrected chi connectivity index (χ0v) is 11.1. The zero-order valence-electron chi connectivity index (χ0n) is 11.1. The summed E-state index contributed by atoms with van der Waals surface area (Å²) < 4.78 is 19.2. The van der Waals surface area contributed by atoms with Crippen molar-refractivity contribution in [1.82, 2.24) is 9.97 Å². The molecule has 106 valence electrons. The average molecular weight is 279 g/mol. The quantitative estimate of drug-likeness (QED) is 0.873. The molecule has 0 aliphatic rings. The maximum atomic E-state index is 13.9. The van der Waals surface area contributed by atoms with Gasteiger partial charge >= 0.3 is 5.97 Å². The summed E-state index contributed by atoms with van der Waals surface area (Å²) >= 11 is 0. The van der Waals surface area contributed by atoms with E-state index in [0.717, 1.165) is 0 Å². The number of hydrogen-bond donors (Lipinski definition) is 2. The topological polar surface area (TPSA) is 88.2 Å². The molecular weight excluding hydrogens is 265 g/mol. The highest BCUT2D eigenvalue weighted by atomic mass is 19.1. The van der Waals surface area contributed by atoms with E-state index >= 15 is 0 Å². The van der Waals surface area contributed by atoms with Gasteiger partial charge in [-0.2, -0.15) is 0 Å². The van der Waals surface area contributed by atoms with E-state index in [9.17, 15) is 9.18 Å². The SMILES string of the molecule is CCc1ncnc(NCc2cc(C(=O)O)c(C)o2)c1F. The summed E-state index contributed by atoms with van der Waals surface area (Å²) in [4.78, 5) is 18.5. The van der Waals surface area contributed by atoms with Crippen molar-refractivity contribution in [2.45, 2.75) is 26.8 Å². The Bertz CT molecular complexity index is 640. The molecule has 20 heavy (non-hydrogen) atoms. The molecule has 0 saturated heterocycles. The van der Waals surface area contributed by atoms with Crippen LogP contribution in [0.1, 0.15) is 34.5 Å². The minimum atomic E-state index is -1.06. The van der Waals surface area contributed by atoms with Crippen molar-refractivity contribution in [3.8, 4) is 0 Å². The number of nitrogens with zero attached hydrogens (tertiary/aromatic N) is 2. The monoisotopic (exact) mass is 279 g/mol. The Hall–Kier alpha value is -2.44. The number of halogens is 1. The fraction of sp³-hybridized carbons (Fsp3) is 0.308. The number of rotatable bonds is 5. The maximum absolute atomic E-state index is 13.9. The van der Waals surface area contributed by atoms with Crippen LogP contribution in [0.5, 0.6) is 0 Å². The molecule has 0 bridgehead atoms. The third-order valence-electron chi connectivity index (χ3n) is 2.83. The molecule has 2 N–H and O–H groups in total. The summed E-state index contributed by atoms with van der Waals surface area (Å²) in [6.07, 6.45) is 1.74. The van der Waals surface area contributed by atoms with E-state index in [1.165, 1.54) is 12.4 Å². The molecule has 2 rings (SSSR count). The van der Waals surface area contributed by atoms with Gasteiger partial charge in [-0.3, -0.25) is 0 Å². The molecule has 0 radical (unpaired) electrons. The lowest BCUT2D eigenvalue weighted by Gasteiger charge is -2.06. The lowest BCUT2D eigenvalue weighted by molar-refractivity contribution is 0.0695. The van der Waals surface area contributed by atoms with Gasteiger partial charge in [-0.15, -0.1) is 0 Å².